The van der Waals surface area contributed by atoms with Crippen LogP contribution in [0.5, 0.6) is 5.75 Å². The van der Waals surface area contributed by atoms with E-state index in [0.29, 0.717) is 12.8 Å². The molecular formula is C17H23NO3. The van der Waals surface area contributed by atoms with Gasteiger partial charge < -0.3 is 15.2 Å². The van der Waals surface area contributed by atoms with Gasteiger partial charge in [-0.1, -0.05) is 6.07 Å². The number of ether oxygens (including phenoxy) is 1. The van der Waals surface area contributed by atoms with Gasteiger partial charge >= 0.3 is 5.97 Å². The number of carboxylic acid groups (broad SMARTS) is 1. The van der Waals surface area contributed by atoms with Crippen molar-refractivity contribution in [3.8, 4) is 5.75 Å². The van der Waals surface area contributed by atoms with Crippen LogP contribution in [0.25, 0.3) is 0 Å². The third kappa shape index (κ3) is 2.77. The summed E-state index contributed by atoms with van der Waals surface area (Å²) in [4.78, 5) is 11.5. The molecule has 114 valence electrons. The van der Waals surface area contributed by atoms with E-state index in [1.807, 2.05) is 6.07 Å². The smallest absolute Gasteiger partial charge is 0.324 e. The Morgan fingerprint density at radius 3 is 2.90 bits per heavy atom. The molecule has 2 aliphatic carbocycles. The number of benzene rings is 1. The normalized spacial score (nSPS) is 28.1. The summed E-state index contributed by atoms with van der Waals surface area (Å²) >= 11 is 0. The highest BCUT2D eigenvalue weighted by molar-refractivity contribution is 5.79. The SMILES string of the molecule is CNC1(C(=O)O)CCCC(Oc2ccc3c(c2)CCC3)C1. The van der Waals surface area contributed by atoms with Crippen molar-refractivity contribution in [3.05, 3.63) is 29.3 Å². The summed E-state index contributed by atoms with van der Waals surface area (Å²) in [5.41, 5.74) is 1.99. The van der Waals surface area contributed by atoms with Crippen molar-refractivity contribution in [2.24, 2.45) is 0 Å². The molecule has 2 aliphatic rings. The van der Waals surface area contributed by atoms with Crippen LogP contribution in [-0.4, -0.2) is 29.8 Å². The fourth-order valence-corrected chi connectivity index (χ4v) is 3.67. The predicted octanol–water partition coefficient (Wildman–Crippen LogP) is 2.54. The third-order valence-electron chi connectivity index (χ3n) is 4.97. The van der Waals surface area contributed by atoms with Crippen molar-refractivity contribution in [1.29, 1.82) is 0 Å². The Labute approximate surface area is 125 Å². The molecule has 4 heteroatoms. The zero-order valence-electron chi connectivity index (χ0n) is 12.5. The lowest BCUT2D eigenvalue weighted by Crippen LogP contribution is -2.55. The summed E-state index contributed by atoms with van der Waals surface area (Å²) in [5, 5.41) is 12.5. The van der Waals surface area contributed by atoms with Crippen molar-refractivity contribution >= 4 is 5.97 Å². The van der Waals surface area contributed by atoms with Gasteiger partial charge in [-0.3, -0.25) is 4.79 Å². The Hall–Kier alpha value is -1.55. The molecule has 1 saturated carbocycles. The molecule has 21 heavy (non-hydrogen) atoms. The number of likely N-dealkylation sites (N-methyl/N-ethyl adjacent to an activating group) is 1. The highest BCUT2D eigenvalue weighted by Crippen LogP contribution is 2.33. The number of fused-ring (bicyclic) bond motifs is 1. The molecule has 0 aromatic heterocycles. The Morgan fingerprint density at radius 2 is 2.14 bits per heavy atom. The molecule has 0 spiro atoms. The minimum atomic E-state index is -0.834. The maximum atomic E-state index is 11.5. The molecule has 0 bridgehead atoms. The average molecular weight is 289 g/mol. The molecule has 2 atom stereocenters. The maximum absolute atomic E-state index is 11.5. The zero-order valence-corrected chi connectivity index (χ0v) is 12.5. The van der Waals surface area contributed by atoms with Gasteiger partial charge in [-0.25, -0.2) is 0 Å². The summed E-state index contributed by atoms with van der Waals surface area (Å²) in [6.07, 6.45) is 6.49. The molecule has 3 rings (SSSR count). The highest BCUT2D eigenvalue weighted by atomic mass is 16.5. The third-order valence-corrected chi connectivity index (χ3v) is 4.97. The number of aliphatic carboxylic acids is 1. The maximum Gasteiger partial charge on any atom is 0.324 e. The van der Waals surface area contributed by atoms with E-state index in [-0.39, 0.29) is 6.10 Å². The first kappa shape index (κ1) is 14.4. The minimum absolute atomic E-state index is 0.0262. The van der Waals surface area contributed by atoms with E-state index in [2.05, 4.69) is 17.4 Å². The summed E-state index contributed by atoms with van der Waals surface area (Å²) in [6.45, 7) is 0. The second-order valence-electron chi connectivity index (χ2n) is 6.26. The fourth-order valence-electron chi connectivity index (χ4n) is 3.67. The van der Waals surface area contributed by atoms with Crippen LogP contribution in [0.4, 0.5) is 0 Å². The van der Waals surface area contributed by atoms with Crippen LogP contribution in [0.2, 0.25) is 0 Å². The Kier molecular flexibility index (Phi) is 3.89. The lowest BCUT2D eigenvalue weighted by molar-refractivity contribution is -0.147. The number of carboxylic acids is 1. The molecule has 4 nitrogen and oxygen atoms in total. The van der Waals surface area contributed by atoms with Gasteiger partial charge in [0.1, 0.15) is 17.4 Å². The topological polar surface area (TPSA) is 58.6 Å². The minimum Gasteiger partial charge on any atom is -0.490 e. The summed E-state index contributed by atoms with van der Waals surface area (Å²) < 4.78 is 6.08. The lowest BCUT2D eigenvalue weighted by Gasteiger charge is -2.37. The summed E-state index contributed by atoms with van der Waals surface area (Å²) in [6, 6.07) is 6.32. The molecule has 2 unspecified atom stereocenters. The van der Waals surface area contributed by atoms with E-state index in [9.17, 15) is 9.90 Å². The molecule has 1 fully saturated rings. The van der Waals surface area contributed by atoms with E-state index in [0.717, 1.165) is 25.0 Å². The predicted molar refractivity (Wildman–Crippen MR) is 80.8 cm³/mol. The van der Waals surface area contributed by atoms with Crippen molar-refractivity contribution < 1.29 is 14.6 Å². The quantitative estimate of drug-likeness (QED) is 0.894. The van der Waals surface area contributed by atoms with Gasteiger partial charge in [-0.15, -0.1) is 0 Å². The standard InChI is InChI=1S/C17H23NO3/c1-18-17(16(19)20)9-3-6-15(11-17)21-14-8-7-12-4-2-5-13(12)10-14/h7-8,10,15,18H,2-6,9,11H2,1H3,(H,19,20). The number of carbonyl (C=O) groups is 1. The van der Waals surface area contributed by atoms with Crippen LogP contribution < -0.4 is 10.1 Å². The monoisotopic (exact) mass is 289 g/mol. The van der Waals surface area contributed by atoms with Gasteiger partial charge in [0, 0.05) is 6.42 Å². The van der Waals surface area contributed by atoms with Gasteiger partial charge in [0.2, 0.25) is 0 Å². The number of hydrogen-bond acceptors (Lipinski definition) is 3. The highest BCUT2D eigenvalue weighted by Gasteiger charge is 2.42. The van der Waals surface area contributed by atoms with Crippen LogP contribution in [0, 0.1) is 0 Å². The Bertz CT molecular complexity index is 543. The first-order valence-electron chi connectivity index (χ1n) is 7.84. The molecule has 0 aliphatic heterocycles. The van der Waals surface area contributed by atoms with Crippen LogP contribution in [0.1, 0.15) is 43.2 Å². The Morgan fingerprint density at radius 1 is 1.33 bits per heavy atom. The molecule has 0 saturated heterocycles. The van der Waals surface area contributed by atoms with E-state index < -0.39 is 11.5 Å². The molecule has 2 N–H and O–H groups in total. The van der Waals surface area contributed by atoms with Crippen LogP contribution in [-0.2, 0) is 17.6 Å². The van der Waals surface area contributed by atoms with E-state index in [4.69, 9.17) is 4.74 Å². The van der Waals surface area contributed by atoms with Crippen molar-refractivity contribution in [3.63, 3.8) is 0 Å². The zero-order chi connectivity index (χ0) is 14.9. The Balaban J connectivity index is 1.71. The average Bonchev–Trinajstić information content (AvgIpc) is 2.94. The van der Waals surface area contributed by atoms with E-state index >= 15 is 0 Å². The van der Waals surface area contributed by atoms with E-state index in [1.165, 1.54) is 24.0 Å². The van der Waals surface area contributed by atoms with Gasteiger partial charge in [0.05, 0.1) is 0 Å². The van der Waals surface area contributed by atoms with Crippen molar-refractivity contribution in [2.75, 3.05) is 7.05 Å². The molecule has 0 amide bonds. The fraction of sp³-hybridized carbons (Fsp3) is 0.588. The summed E-state index contributed by atoms with van der Waals surface area (Å²) in [5.74, 6) is 0.116. The van der Waals surface area contributed by atoms with Crippen molar-refractivity contribution in [2.45, 2.75) is 56.6 Å². The largest absolute Gasteiger partial charge is 0.490 e. The first-order valence-corrected chi connectivity index (χ1v) is 7.84. The number of rotatable bonds is 4. The summed E-state index contributed by atoms with van der Waals surface area (Å²) in [7, 11) is 1.73. The van der Waals surface area contributed by atoms with E-state index in [1.54, 1.807) is 7.05 Å². The molecule has 1 aromatic rings. The number of nitrogens with one attached hydrogen (secondary N) is 1. The first-order chi connectivity index (χ1) is 10.1. The number of aryl methyl sites for hydroxylation is 2. The van der Waals surface area contributed by atoms with Crippen LogP contribution in [0.3, 0.4) is 0 Å². The van der Waals surface area contributed by atoms with Gasteiger partial charge in [-0.2, -0.15) is 0 Å². The number of hydrogen-bond donors (Lipinski definition) is 2. The van der Waals surface area contributed by atoms with Gasteiger partial charge in [0.15, 0.2) is 0 Å². The van der Waals surface area contributed by atoms with Gasteiger partial charge in [0.25, 0.3) is 0 Å². The molecular weight excluding hydrogens is 266 g/mol. The molecule has 0 heterocycles. The second-order valence-corrected chi connectivity index (χ2v) is 6.26. The molecule has 1 aromatic carbocycles. The van der Waals surface area contributed by atoms with Crippen molar-refractivity contribution in [1.82, 2.24) is 5.32 Å². The van der Waals surface area contributed by atoms with Crippen LogP contribution >= 0.6 is 0 Å². The second kappa shape index (κ2) is 5.68. The molecule has 0 radical (unpaired) electrons. The van der Waals surface area contributed by atoms with Gasteiger partial charge in [-0.05, 0) is 68.8 Å². The lowest BCUT2D eigenvalue weighted by atomic mass is 9.80. The van der Waals surface area contributed by atoms with Crippen LogP contribution in [0.15, 0.2) is 18.2 Å².